The number of methoxy groups -OCH3 is 1. The van der Waals surface area contributed by atoms with Gasteiger partial charge in [-0.3, -0.25) is 9.89 Å². The van der Waals surface area contributed by atoms with Crippen molar-refractivity contribution in [1.82, 2.24) is 15.5 Å². The normalized spacial score (nSPS) is 21.1. The number of anilines is 1. The summed E-state index contributed by atoms with van der Waals surface area (Å²) < 4.78 is 11.0. The van der Waals surface area contributed by atoms with Gasteiger partial charge in [0.25, 0.3) is 0 Å². The van der Waals surface area contributed by atoms with Gasteiger partial charge in [-0.2, -0.15) is 0 Å². The summed E-state index contributed by atoms with van der Waals surface area (Å²) in [7, 11) is 1.73. The predicted molar refractivity (Wildman–Crippen MR) is 135 cm³/mol. The number of benzene rings is 1. The molecule has 2 atom stereocenters. The van der Waals surface area contributed by atoms with Crippen LogP contribution >= 0.6 is 24.0 Å². The van der Waals surface area contributed by atoms with Gasteiger partial charge in [0.15, 0.2) is 5.96 Å². The SMILES string of the molecule is CCNC(=NCC(C)CN1CCOCC1)NC1CCN(c2ccccc2OC)C1.I. The van der Waals surface area contributed by atoms with Crippen molar-refractivity contribution in [2.75, 3.05) is 71.0 Å². The minimum Gasteiger partial charge on any atom is -0.495 e. The molecule has 170 valence electrons. The highest BCUT2D eigenvalue weighted by atomic mass is 127. The Bertz CT molecular complexity index is 654. The number of morpholine rings is 1. The lowest BCUT2D eigenvalue weighted by molar-refractivity contribution is 0.0323. The molecule has 2 N–H and O–H groups in total. The number of nitrogens with one attached hydrogen (secondary N) is 2. The Labute approximate surface area is 198 Å². The summed E-state index contributed by atoms with van der Waals surface area (Å²) in [5.41, 5.74) is 1.17. The minimum atomic E-state index is 0. The van der Waals surface area contributed by atoms with Crippen molar-refractivity contribution in [3.63, 3.8) is 0 Å². The Hall–Kier alpha value is -1.26. The maximum atomic E-state index is 5.53. The molecule has 2 heterocycles. The van der Waals surface area contributed by atoms with Crippen molar-refractivity contribution in [2.24, 2.45) is 10.9 Å². The number of guanidine groups is 1. The summed E-state index contributed by atoms with van der Waals surface area (Å²) >= 11 is 0. The highest BCUT2D eigenvalue weighted by Crippen LogP contribution is 2.30. The first-order valence-corrected chi connectivity index (χ1v) is 10.9. The lowest BCUT2D eigenvalue weighted by atomic mass is 10.1. The summed E-state index contributed by atoms with van der Waals surface area (Å²) in [6.07, 6.45) is 1.09. The number of rotatable bonds is 8. The second-order valence-corrected chi connectivity index (χ2v) is 7.99. The molecule has 1 aromatic rings. The molecule has 2 aliphatic rings. The molecule has 2 saturated heterocycles. The fourth-order valence-electron chi connectivity index (χ4n) is 4.03. The van der Waals surface area contributed by atoms with Crippen molar-refractivity contribution >= 4 is 35.6 Å². The summed E-state index contributed by atoms with van der Waals surface area (Å²) in [4.78, 5) is 9.74. The second kappa shape index (κ2) is 13.2. The third-order valence-corrected chi connectivity index (χ3v) is 5.53. The molecule has 2 fully saturated rings. The van der Waals surface area contributed by atoms with Crippen molar-refractivity contribution in [2.45, 2.75) is 26.3 Å². The standard InChI is InChI=1S/C22H37N5O2.HI/c1-4-23-22(24-15-18(2)16-26-11-13-29-14-12-26)25-19-9-10-27(17-19)20-7-5-6-8-21(20)28-3;/h5-8,18-19H,4,9-17H2,1-3H3,(H2,23,24,25);1H. The number of ether oxygens (including phenoxy) is 2. The first kappa shape index (κ1) is 25.0. The molecule has 3 rings (SSSR count). The van der Waals surface area contributed by atoms with Gasteiger partial charge in [-0.25, -0.2) is 0 Å². The van der Waals surface area contributed by atoms with Gasteiger partial charge >= 0.3 is 0 Å². The van der Waals surface area contributed by atoms with E-state index in [1.807, 2.05) is 12.1 Å². The van der Waals surface area contributed by atoms with Gasteiger partial charge in [0, 0.05) is 51.9 Å². The molecule has 0 saturated carbocycles. The van der Waals surface area contributed by atoms with Gasteiger partial charge in [-0.05, 0) is 31.4 Å². The van der Waals surface area contributed by atoms with Crippen LogP contribution in [0.2, 0.25) is 0 Å². The quantitative estimate of drug-likeness (QED) is 0.306. The van der Waals surface area contributed by atoms with Crippen molar-refractivity contribution in [3.05, 3.63) is 24.3 Å². The fraction of sp³-hybridized carbons (Fsp3) is 0.682. The van der Waals surface area contributed by atoms with Crippen LogP contribution in [0.15, 0.2) is 29.3 Å². The van der Waals surface area contributed by atoms with E-state index in [1.54, 1.807) is 7.11 Å². The van der Waals surface area contributed by atoms with Crippen LogP contribution in [0, 0.1) is 5.92 Å². The van der Waals surface area contributed by atoms with E-state index in [1.165, 1.54) is 5.69 Å². The van der Waals surface area contributed by atoms with Crippen molar-refractivity contribution < 1.29 is 9.47 Å². The largest absolute Gasteiger partial charge is 0.495 e. The van der Waals surface area contributed by atoms with Crippen LogP contribution in [0.4, 0.5) is 5.69 Å². The van der Waals surface area contributed by atoms with E-state index >= 15 is 0 Å². The number of hydrogen-bond donors (Lipinski definition) is 2. The van der Waals surface area contributed by atoms with Gasteiger partial charge in [0.1, 0.15) is 5.75 Å². The van der Waals surface area contributed by atoms with E-state index in [4.69, 9.17) is 14.5 Å². The number of para-hydroxylation sites is 2. The average molecular weight is 531 g/mol. The summed E-state index contributed by atoms with van der Waals surface area (Å²) in [5, 5.41) is 7.04. The molecular formula is C22H38IN5O2. The molecule has 0 amide bonds. The van der Waals surface area contributed by atoms with Gasteiger partial charge in [0.2, 0.25) is 0 Å². The molecule has 7 nitrogen and oxygen atoms in total. The molecule has 8 heteroatoms. The number of nitrogens with zero attached hydrogens (tertiary/aromatic N) is 3. The highest BCUT2D eigenvalue weighted by molar-refractivity contribution is 14.0. The number of hydrogen-bond acceptors (Lipinski definition) is 5. The Balaban J connectivity index is 0.00000320. The molecular weight excluding hydrogens is 493 g/mol. The van der Waals surface area contributed by atoms with E-state index in [9.17, 15) is 0 Å². The van der Waals surface area contributed by atoms with E-state index in [-0.39, 0.29) is 24.0 Å². The zero-order valence-corrected chi connectivity index (χ0v) is 20.9. The average Bonchev–Trinajstić information content (AvgIpc) is 3.21. The van der Waals surface area contributed by atoms with Crippen LogP contribution in [0.5, 0.6) is 5.75 Å². The zero-order valence-electron chi connectivity index (χ0n) is 18.6. The van der Waals surface area contributed by atoms with Crippen LogP contribution in [0.1, 0.15) is 20.3 Å². The molecule has 2 aliphatic heterocycles. The first-order valence-electron chi connectivity index (χ1n) is 10.9. The van der Waals surface area contributed by atoms with Crippen molar-refractivity contribution in [1.29, 1.82) is 0 Å². The molecule has 1 aromatic carbocycles. The number of aliphatic imine (C=N–C) groups is 1. The van der Waals surface area contributed by atoms with Gasteiger partial charge < -0.3 is 25.0 Å². The smallest absolute Gasteiger partial charge is 0.191 e. The van der Waals surface area contributed by atoms with Crippen molar-refractivity contribution in [3.8, 4) is 5.75 Å². The first-order chi connectivity index (χ1) is 14.2. The Kier molecular flexibility index (Phi) is 11.0. The van der Waals surface area contributed by atoms with Gasteiger partial charge in [-0.1, -0.05) is 19.1 Å². The summed E-state index contributed by atoms with van der Waals surface area (Å²) in [5.74, 6) is 2.39. The van der Waals surface area contributed by atoms with E-state index in [0.717, 1.165) is 77.2 Å². The maximum Gasteiger partial charge on any atom is 0.191 e. The monoisotopic (exact) mass is 531 g/mol. The van der Waals surface area contributed by atoms with Crippen LogP contribution in [-0.2, 0) is 4.74 Å². The lowest BCUT2D eigenvalue weighted by Gasteiger charge is -2.28. The summed E-state index contributed by atoms with van der Waals surface area (Å²) in [6.45, 7) is 12.9. The lowest BCUT2D eigenvalue weighted by Crippen LogP contribution is -2.45. The molecule has 0 aliphatic carbocycles. The zero-order chi connectivity index (χ0) is 20.5. The maximum absolute atomic E-state index is 5.53. The van der Waals surface area contributed by atoms with Gasteiger partial charge in [-0.15, -0.1) is 24.0 Å². The second-order valence-electron chi connectivity index (χ2n) is 7.99. The number of halogens is 1. The molecule has 0 bridgehead atoms. The highest BCUT2D eigenvalue weighted by Gasteiger charge is 2.25. The molecule has 0 aromatic heterocycles. The Morgan fingerprint density at radius 3 is 2.77 bits per heavy atom. The van der Waals surface area contributed by atoms with Crippen LogP contribution in [0.3, 0.4) is 0 Å². The van der Waals surface area contributed by atoms with Crippen LogP contribution in [-0.4, -0.2) is 83.0 Å². The van der Waals surface area contributed by atoms with Crippen LogP contribution < -0.4 is 20.3 Å². The molecule has 0 spiro atoms. The van der Waals surface area contributed by atoms with E-state index < -0.39 is 0 Å². The molecule has 30 heavy (non-hydrogen) atoms. The van der Waals surface area contributed by atoms with E-state index in [0.29, 0.717) is 12.0 Å². The summed E-state index contributed by atoms with van der Waals surface area (Å²) in [6, 6.07) is 8.63. The van der Waals surface area contributed by atoms with E-state index in [2.05, 4.69) is 46.4 Å². The van der Waals surface area contributed by atoms with Gasteiger partial charge in [0.05, 0.1) is 26.0 Å². The van der Waals surface area contributed by atoms with Crippen LogP contribution in [0.25, 0.3) is 0 Å². The fourth-order valence-corrected chi connectivity index (χ4v) is 4.03. The third kappa shape index (κ3) is 7.46. The Morgan fingerprint density at radius 2 is 2.03 bits per heavy atom. The minimum absolute atomic E-state index is 0. The molecule has 2 unspecified atom stereocenters. The topological polar surface area (TPSA) is 61.4 Å². The predicted octanol–water partition coefficient (Wildman–Crippen LogP) is 2.42. The molecule has 0 radical (unpaired) electrons. The Morgan fingerprint density at radius 1 is 1.27 bits per heavy atom. The third-order valence-electron chi connectivity index (χ3n) is 5.53.